The maximum absolute atomic E-state index is 13.5. The highest BCUT2D eigenvalue weighted by Crippen LogP contribution is 2.28. The summed E-state index contributed by atoms with van der Waals surface area (Å²) in [7, 11) is 1.62. The standard InChI is InChI=1S/C23H24ClN3O3/c1-15-13-26(14-16(2)30-15)23(28)22-12-20(17-7-6-8-18(11-17)29-3)25-27(22)21-10-5-4-9-19(21)24/h4-12,15-16H,13-14H2,1-3H3. The molecule has 1 saturated heterocycles. The molecule has 2 unspecified atom stereocenters. The number of nitrogens with zero attached hydrogens (tertiary/aromatic N) is 3. The third-order valence-corrected chi connectivity index (χ3v) is 5.40. The number of halogens is 1. The third-order valence-electron chi connectivity index (χ3n) is 5.08. The SMILES string of the molecule is COc1cccc(-c2cc(C(=O)N3CC(C)OC(C)C3)n(-c3ccccc3Cl)n2)c1. The number of rotatable bonds is 4. The topological polar surface area (TPSA) is 56.6 Å². The number of ether oxygens (including phenoxy) is 2. The first-order chi connectivity index (χ1) is 14.5. The molecule has 1 fully saturated rings. The number of hydrogen-bond donors (Lipinski definition) is 0. The van der Waals surface area contributed by atoms with E-state index < -0.39 is 0 Å². The van der Waals surface area contributed by atoms with E-state index in [2.05, 4.69) is 0 Å². The number of morpholine rings is 1. The summed E-state index contributed by atoms with van der Waals surface area (Å²) in [5, 5.41) is 5.26. The highest BCUT2D eigenvalue weighted by Gasteiger charge is 2.29. The second kappa shape index (κ2) is 8.50. The molecule has 1 aliphatic heterocycles. The van der Waals surface area contributed by atoms with E-state index >= 15 is 0 Å². The Kier molecular flexibility index (Phi) is 5.79. The van der Waals surface area contributed by atoms with Crippen LogP contribution in [0, 0.1) is 0 Å². The summed E-state index contributed by atoms with van der Waals surface area (Å²) in [5.74, 6) is 0.627. The molecule has 1 aromatic heterocycles. The van der Waals surface area contributed by atoms with Gasteiger partial charge in [0.15, 0.2) is 0 Å². The van der Waals surface area contributed by atoms with Crippen molar-refractivity contribution in [2.75, 3.05) is 20.2 Å². The monoisotopic (exact) mass is 425 g/mol. The maximum atomic E-state index is 13.5. The molecule has 0 aliphatic carbocycles. The Morgan fingerprint density at radius 2 is 1.83 bits per heavy atom. The molecule has 4 rings (SSSR count). The molecule has 0 bridgehead atoms. The fraction of sp³-hybridized carbons (Fsp3) is 0.304. The number of carbonyl (C=O) groups is 1. The predicted molar refractivity (Wildman–Crippen MR) is 116 cm³/mol. The van der Waals surface area contributed by atoms with Crippen molar-refractivity contribution in [3.05, 3.63) is 65.3 Å². The van der Waals surface area contributed by atoms with Crippen molar-refractivity contribution in [3.8, 4) is 22.7 Å². The number of para-hydroxylation sites is 1. The molecule has 7 heteroatoms. The quantitative estimate of drug-likeness (QED) is 0.619. The fourth-order valence-electron chi connectivity index (χ4n) is 3.77. The van der Waals surface area contributed by atoms with E-state index in [0.717, 1.165) is 11.3 Å². The highest BCUT2D eigenvalue weighted by atomic mass is 35.5. The van der Waals surface area contributed by atoms with Crippen LogP contribution in [0.5, 0.6) is 5.75 Å². The van der Waals surface area contributed by atoms with Crippen molar-refractivity contribution in [2.24, 2.45) is 0 Å². The number of methoxy groups -OCH3 is 1. The van der Waals surface area contributed by atoms with Gasteiger partial charge < -0.3 is 14.4 Å². The lowest BCUT2D eigenvalue weighted by Crippen LogP contribution is -2.48. The van der Waals surface area contributed by atoms with E-state index in [9.17, 15) is 4.79 Å². The minimum atomic E-state index is -0.0986. The molecule has 1 aliphatic rings. The van der Waals surface area contributed by atoms with Crippen LogP contribution in [-0.4, -0.2) is 53.0 Å². The molecule has 156 valence electrons. The van der Waals surface area contributed by atoms with E-state index in [1.54, 1.807) is 17.9 Å². The van der Waals surface area contributed by atoms with Crippen LogP contribution in [-0.2, 0) is 4.74 Å². The summed E-state index contributed by atoms with van der Waals surface area (Å²) >= 11 is 6.44. The third kappa shape index (κ3) is 4.06. The lowest BCUT2D eigenvalue weighted by atomic mass is 10.1. The molecule has 0 spiro atoms. The summed E-state index contributed by atoms with van der Waals surface area (Å²) in [6.45, 7) is 5.02. The van der Waals surface area contributed by atoms with Gasteiger partial charge in [-0.05, 0) is 44.2 Å². The van der Waals surface area contributed by atoms with Crippen molar-refractivity contribution in [1.29, 1.82) is 0 Å². The molecule has 2 aromatic carbocycles. The van der Waals surface area contributed by atoms with Crippen molar-refractivity contribution in [3.63, 3.8) is 0 Å². The van der Waals surface area contributed by atoms with E-state index in [-0.39, 0.29) is 18.1 Å². The Bertz CT molecular complexity index is 1060. The van der Waals surface area contributed by atoms with Gasteiger partial charge in [0, 0.05) is 18.7 Å². The van der Waals surface area contributed by atoms with Crippen molar-refractivity contribution in [1.82, 2.24) is 14.7 Å². The zero-order chi connectivity index (χ0) is 21.3. The first-order valence-corrected chi connectivity index (χ1v) is 10.3. The smallest absolute Gasteiger partial charge is 0.272 e. The summed E-state index contributed by atoms with van der Waals surface area (Å²) in [6.07, 6.45) is -0.0421. The Morgan fingerprint density at radius 3 is 2.53 bits per heavy atom. The number of carbonyl (C=O) groups excluding carboxylic acids is 1. The number of hydrogen-bond acceptors (Lipinski definition) is 4. The lowest BCUT2D eigenvalue weighted by Gasteiger charge is -2.35. The van der Waals surface area contributed by atoms with Crippen LogP contribution in [0.2, 0.25) is 5.02 Å². The number of benzene rings is 2. The Balaban J connectivity index is 1.80. The minimum absolute atomic E-state index is 0.0211. The zero-order valence-electron chi connectivity index (χ0n) is 17.2. The number of aromatic nitrogens is 2. The lowest BCUT2D eigenvalue weighted by molar-refractivity contribution is -0.0588. The van der Waals surface area contributed by atoms with Gasteiger partial charge in [0.25, 0.3) is 5.91 Å². The molecular formula is C23H24ClN3O3. The van der Waals surface area contributed by atoms with Crippen LogP contribution in [0.1, 0.15) is 24.3 Å². The second-order valence-corrected chi connectivity index (χ2v) is 7.88. The van der Waals surface area contributed by atoms with Gasteiger partial charge in [0.2, 0.25) is 0 Å². The first kappa shape index (κ1) is 20.4. The van der Waals surface area contributed by atoms with E-state index in [4.69, 9.17) is 26.2 Å². The molecular weight excluding hydrogens is 402 g/mol. The summed E-state index contributed by atoms with van der Waals surface area (Å²) in [4.78, 5) is 15.3. The second-order valence-electron chi connectivity index (χ2n) is 7.48. The molecule has 1 amide bonds. The van der Waals surface area contributed by atoms with Crippen LogP contribution in [0.3, 0.4) is 0 Å². The molecule has 0 N–H and O–H groups in total. The molecule has 0 radical (unpaired) electrons. The van der Waals surface area contributed by atoms with Gasteiger partial charge in [-0.2, -0.15) is 5.10 Å². The van der Waals surface area contributed by atoms with Gasteiger partial charge >= 0.3 is 0 Å². The van der Waals surface area contributed by atoms with Crippen LogP contribution >= 0.6 is 11.6 Å². The van der Waals surface area contributed by atoms with Crippen molar-refractivity contribution < 1.29 is 14.3 Å². The Hall–Kier alpha value is -2.83. The summed E-state index contributed by atoms with van der Waals surface area (Å²) in [6, 6.07) is 16.8. The van der Waals surface area contributed by atoms with E-state index in [0.29, 0.717) is 35.2 Å². The Morgan fingerprint density at radius 1 is 1.10 bits per heavy atom. The van der Waals surface area contributed by atoms with Crippen LogP contribution < -0.4 is 4.74 Å². The molecule has 30 heavy (non-hydrogen) atoms. The fourth-order valence-corrected chi connectivity index (χ4v) is 3.99. The van der Waals surface area contributed by atoms with E-state index in [1.165, 1.54) is 0 Å². The molecule has 2 heterocycles. The van der Waals surface area contributed by atoms with Gasteiger partial charge in [-0.25, -0.2) is 4.68 Å². The normalized spacial score (nSPS) is 19.0. The van der Waals surface area contributed by atoms with Gasteiger partial charge in [-0.15, -0.1) is 0 Å². The average Bonchev–Trinajstić information content (AvgIpc) is 3.18. The van der Waals surface area contributed by atoms with Crippen LogP contribution in [0.15, 0.2) is 54.6 Å². The minimum Gasteiger partial charge on any atom is -0.497 e. The predicted octanol–water partition coefficient (Wildman–Crippen LogP) is 4.45. The molecule has 0 saturated carbocycles. The van der Waals surface area contributed by atoms with Gasteiger partial charge in [0.05, 0.1) is 35.7 Å². The van der Waals surface area contributed by atoms with Gasteiger partial charge in [-0.3, -0.25) is 4.79 Å². The Labute approximate surface area is 181 Å². The van der Waals surface area contributed by atoms with Gasteiger partial charge in [0.1, 0.15) is 11.4 Å². The highest BCUT2D eigenvalue weighted by molar-refractivity contribution is 6.32. The molecule has 6 nitrogen and oxygen atoms in total. The summed E-state index contributed by atoms with van der Waals surface area (Å²) in [5.41, 5.74) is 2.65. The van der Waals surface area contributed by atoms with Crippen LogP contribution in [0.4, 0.5) is 0 Å². The molecule has 2 atom stereocenters. The summed E-state index contributed by atoms with van der Waals surface area (Å²) < 4.78 is 12.8. The largest absolute Gasteiger partial charge is 0.497 e. The zero-order valence-corrected chi connectivity index (χ0v) is 18.0. The van der Waals surface area contributed by atoms with Crippen LogP contribution in [0.25, 0.3) is 16.9 Å². The van der Waals surface area contributed by atoms with Crippen molar-refractivity contribution in [2.45, 2.75) is 26.1 Å². The number of amides is 1. The van der Waals surface area contributed by atoms with E-state index in [1.807, 2.05) is 67.3 Å². The first-order valence-electron chi connectivity index (χ1n) is 9.90. The van der Waals surface area contributed by atoms with Crippen molar-refractivity contribution >= 4 is 17.5 Å². The molecule has 3 aromatic rings. The average molecular weight is 426 g/mol. The van der Waals surface area contributed by atoms with Gasteiger partial charge in [-0.1, -0.05) is 35.9 Å². The maximum Gasteiger partial charge on any atom is 0.272 e.